The molecule has 0 atom stereocenters. The molecule has 1 fully saturated rings. The van der Waals surface area contributed by atoms with E-state index in [2.05, 4.69) is 40.7 Å². The Bertz CT molecular complexity index is 1370. The van der Waals surface area contributed by atoms with E-state index in [-0.39, 0.29) is 4.90 Å². The van der Waals surface area contributed by atoms with Crippen LogP contribution in [0.4, 0.5) is 0 Å². The van der Waals surface area contributed by atoms with E-state index in [1.165, 1.54) is 0 Å². The third kappa shape index (κ3) is 5.28. The first-order valence-corrected chi connectivity index (χ1v) is 13.9. The normalized spacial score (nSPS) is 15.8. The molecule has 1 N–H and O–H groups in total. The quantitative estimate of drug-likeness (QED) is 0.455. The lowest BCUT2D eigenvalue weighted by Gasteiger charge is -2.31. The van der Waals surface area contributed by atoms with Crippen LogP contribution in [0.1, 0.15) is 32.9 Å². The average molecular weight is 519 g/mol. The molecule has 0 spiro atoms. The third-order valence-corrected chi connectivity index (χ3v) is 8.32. The molecule has 0 saturated carbocycles. The number of benzene rings is 1. The van der Waals surface area contributed by atoms with Gasteiger partial charge in [0.1, 0.15) is 17.1 Å². The van der Waals surface area contributed by atoms with Crippen molar-refractivity contribution < 1.29 is 13.2 Å². The first kappa shape index (κ1) is 25.7. The molecule has 3 heterocycles. The van der Waals surface area contributed by atoms with Crippen LogP contribution in [0.15, 0.2) is 23.1 Å². The van der Waals surface area contributed by atoms with Gasteiger partial charge >= 0.3 is 0 Å². The van der Waals surface area contributed by atoms with E-state index < -0.39 is 10.0 Å². The summed E-state index contributed by atoms with van der Waals surface area (Å²) >= 11 is 5.63. The minimum absolute atomic E-state index is 0.218. The number of fused-ring (bicyclic) bond motifs is 1. The molecular weight excluding hydrogens is 484 g/mol. The number of ether oxygens (including phenoxy) is 1. The number of rotatable bonds is 8. The fraction of sp³-hybridized carbons (Fsp3) is 0.542. The summed E-state index contributed by atoms with van der Waals surface area (Å²) in [5.74, 6) is 1.34. The van der Waals surface area contributed by atoms with E-state index in [0.29, 0.717) is 60.5 Å². The maximum atomic E-state index is 13.5. The Morgan fingerprint density at radius 1 is 1.17 bits per heavy atom. The summed E-state index contributed by atoms with van der Waals surface area (Å²) in [5, 5.41) is 4.62. The molecule has 1 aromatic carbocycles. The van der Waals surface area contributed by atoms with Crippen LogP contribution in [0.25, 0.3) is 22.4 Å². The van der Waals surface area contributed by atoms with Gasteiger partial charge in [0.25, 0.3) is 0 Å². The van der Waals surface area contributed by atoms with Gasteiger partial charge in [-0.1, -0.05) is 39.4 Å². The first-order chi connectivity index (χ1) is 16.6. The molecule has 4 rings (SSSR count). The van der Waals surface area contributed by atoms with Crippen molar-refractivity contribution in [1.82, 2.24) is 29.0 Å². The van der Waals surface area contributed by atoms with Gasteiger partial charge in [-0.05, 0) is 37.6 Å². The Morgan fingerprint density at radius 2 is 1.89 bits per heavy atom. The first-order valence-electron chi connectivity index (χ1n) is 12.0. The number of nitrogens with zero attached hydrogens (tertiary/aromatic N) is 5. The second kappa shape index (κ2) is 10.3. The molecule has 11 heteroatoms. The van der Waals surface area contributed by atoms with Crippen LogP contribution in [0.2, 0.25) is 0 Å². The van der Waals surface area contributed by atoms with Gasteiger partial charge in [-0.3, -0.25) is 4.68 Å². The number of nitrogens with one attached hydrogen (secondary N) is 1. The van der Waals surface area contributed by atoms with Crippen molar-refractivity contribution in [2.24, 2.45) is 13.0 Å². The number of aromatic nitrogens is 4. The second-order valence-corrected chi connectivity index (χ2v) is 11.8. The van der Waals surface area contributed by atoms with E-state index in [9.17, 15) is 8.42 Å². The van der Waals surface area contributed by atoms with Crippen LogP contribution in [-0.2, 0) is 23.5 Å². The van der Waals surface area contributed by atoms with Crippen molar-refractivity contribution >= 4 is 33.3 Å². The van der Waals surface area contributed by atoms with Gasteiger partial charge in [-0.2, -0.15) is 9.40 Å². The molecular formula is C24H34N6O3S2. The van der Waals surface area contributed by atoms with Gasteiger partial charge in [0.2, 0.25) is 10.0 Å². The summed E-state index contributed by atoms with van der Waals surface area (Å²) in [5.41, 5.74) is 3.07. The number of piperazine rings is 1. The summed E-state index contributed by atoms with van der Waals surface area (Å²) < 4.78 is 36.7. The van der Waals surface area contributed by atoms with Crippen LogP contribution < -0.4 is 4.74 Å². The van der Waals surface area contributed by atoms with Gasteiger partial charge in [-0.25, -0.2) is 13.4 Å². The highest BCUT2D eigenvalue weighted by Gasteiger charge is 2.29. The largest absolute Gasteiger partial charge is 0.493 e. The second-order valence-electron chi connectivity index (χ2n) is 9.50. The van der Waals surface area contributed by atoms with Gasteiger partial charge in [-0.15, -0.1) is 0 Å². The standard InChI is InChI=1S/C24H34N6O3S2/c1-6-7-19-21-22(29(5)27-19)24(34)26-23(25-21)18-14-17(8-9-20(18)33-15-16(2)3)35(31,32)30-12-10-28(4)11-13-30/h8-9,14,16H,6-7,10-13,15H2,1-5H3,(H,25,26,34). The molecule has 2 aromatic heterocycles. The average Bonchev–Trinajstić information content (AvgIpc) is 3.13. The molecule has 3 aromatic rings. The van der Waals surface area contributed by atoms with Gasteiger partial charge in [0.05, 0.1) is 28.3 Å². The van der Waals surface area contributed by atoms with Gasteiger partial charge < -0.3 is 14.6 Å². The zero-order valence-corrected chi connectivity index (χ0v) is 22.7. The van der Waals surface area contributed by atoms with Crippen LogP contribution in [0.3, 0.4) is 0 Å². The Balaban J connectivity index is 1.85. The predicted octanol–water partition coefficient (Wildman–Crippen LogP) is 3.62. The Morgan fingerprint density at radius 3 is 2.54 bits per heavy atom. The highest BCUT2D eigenvalue weighted by molar-refractivity contribution is 7.89. The highest BCUT2D eigenvalue weighted by atomic mass is 32.2. The summed E-state index contributed by atoms with van der Waals surface area (Å²) in [6, 6.07) is 4.99. The molecule has 1 aliphatic rings. The van der Waals surface area contributed by atoms with Crippen LogP contribution in [-0.4, -0.2) is 77.2 Å². The molecule has 0 bridgehead atoms. The maximum absolute atomic E-state index is 13.5. The lowest BCUT2D eigenvalue weighted by atomic mass is 10.1. The monoisotopic (exact) mass is 518 g/mol. The maximum Gasteiger partial charge on any atom is 0.243 e. The van der Waals surface area contributed by atoms with Crippen molar-refractivity contribution in [2.45, 2.75) is 38.5 Å². The lowest BCUT2D eigenvalue weighted by Crippen LogP contribution is -2.47. The van der Waals surface area contributed by atoms with E-state index in [0.717, 1.165) is 29.6 Å². The van der Waals surface area contributed by atoms with E-state index in [4.69, 9.17) is 17.0 Å². The fourth-order valence-electron chi connectivity index (χ4n) is 4.21. The van der Waals surface area contributed by atoms with E-state index in [1.54, 1.807) is 27.2 Å². The third-order valence-electron chi connectivity index (χ3n) is 6.14. The molecule has 190 valence electrons. The SMILES string of the molecule is CCCc1nn(C)c2c(=S)nc(-c3cc(S(=O)(=O)N4CCN(C)CC4)ccc3OCC(C)C)[nH]c12. The minimum atomic E-state index is -3.66. The molecule has 35 heavy (non-hydrogen) atoms. The molecule has 0 radical (unpaired) electrons. The number of aromatic amines is 1. The van der Waals surface area contributed by atoms with Crippen LogP contribution in [0, 0.1) is 10.6 Å². The summed E-state index contributed by atoms with van der Waals surface area (Å²) in [6.45, 7) is 9.05. The fourth-order valence-corrected chi connectivity index (χ4v) is 5.99. The number of H-pyrrole nitrogens is 1. The molecule has 0 unspecified atom stereocenters. The van der Waals surface area contributed by atoms with E-state index in [1.807, 2.05) is 14.1 Å². The lowest BCUT2D eigenvalue weighted by molar-refractivity contribution is 0.222. The van der Waals surface area contributed by atoms with Crippen molar-refractivity contribution in [1.29, 1.82) is 0 Å². The minimum Gasteiger partial charge on any atom is -0.493 e. The zero-order chi connectivity index (χ0) is 25.3. The molecule has 0 amide bonds. The Hall–Kier alpha value is -2.34. The zero-order valence-electron chi connectivity index (χ0n) is 21.0. The number of hydrogen-bond acceptors (Lipinski definition) is 7. The summed E-state index contributed by atoms with van der Waals surface area (Å²) in [4.78, 5) is 10.4. The molecule has 1 aliphatic heterocycles. The number of sulfonamides is 1. The van der Waals surface area contributed by atoms with Crippen molar-refractivity contribution in [2.75, 3.05) is 39.8 Å². The highest BCUT2D eigenvalue weighted by Crippen LogP contribution is 2.33. The van der Waals surface area contributed by atoms with Crippen molar-refractivity contribution in [3.05, 3.63) is 28.5 Å². The summed E-state index contributed by atoms with van der Waals surface area (Å²) in [6.07, 6.45) is 1.73. The number of aryl methyl sites for hydroxylation is 2. The predicted molar refractivity (Wildman–Crippen MR) is 140 cm³/mol. The number of hydrogen-bond donors (Lipinski definition) is 1. The van der Waals surface area contributed by atoms with Crippen LogP contribution in [0.5, 0.6) is 5.75 Å². The smallest absolute Gasteiger partial charge is 0.243 e. The van der Waals surface area contributed by atoms with Crippen molar-refractivity contribution in [3.8, 4) is 17.1 Å². The van der Waals surface area contributed by atoms with Gasteiger partial charge in [0, 0.05) is 33.2 Å². The van der Waals surface area contributed by atoms with Crippen LogP contribution >= 0.6 is 12.2 Å². The van der Waals surface area contributed by atoms with Gasteiger partial charge in [0.15, 0.2) is 4.64 Å². The Kier molecular flexibility index (Phi) is 7.60. The van der Waals surface area contributed by atoms with E-state index >= 15 is 0 Å². The molecule has 1 saturated heterocycles. The topological polar surface area (TPSA) is 96.3 Å². The summed E-state index contributed by atoms with van der Waals surface area (Å²) in [7, 11) is 0.190. The molecule has 0 aliphatic carbocycles. The molecule has 9 nitrogen and oxygen atoms in total. The number of likely N-dealkylation sites (N-methyl/N-ethyl adjacent to an activating group) is 1. The Labute approximate surface area is 212 Å². The van der Waals surface area contributed by atoms with Crippen molar-refractivity contribution in [3.63, 3.8) is 0 Å².